The molecule has 0 aliphatic rings. The molecule has 2 heterocycles. The first-order chi connectivity index (χ1) is 13.1. The molecule has 0 fully saturated rings. The Bertz CT molecular complexity index is 933. The van der Waals surface area contributed by atoms with Gasteiger partial charge in [0.2, 0.25) is 0 Å². The summed E-state index contributed by atoms with van der Waals surface area (Å²) < 4.78 is 10.7. The molecule has 0 saturated heterocycles. The maximum absolute atomic E-state index is 11.7. The molecule has 138 valence electrons. The lowest BCUT2D eigenvalue weighted by atomic mass is 10.1. The Kier molecular flexibility index (Phi) is 5.46. The minimum absolute atomic E-state index is 0.0629. The summed E-state index contributed by atoms with van der Waals surface area (Å²) in [5.74, 6) is 1.50. The van der Waals surface area contributed by atoms with Crippen LogP contribution in [0.2, 0.25) is 0 Å². The quantitative estimate of drug-likeness (QED) is 0.381. The fourth-order valence-electron chi connectivity index (χ4n) is 2.39. The van der Waals surface area contributed by atoms with Crippen LogP contribution in [0, 0.1) is 10.1 Å². The average molecular weight is 367 g/mol. The van der Waals surface area contributed by atoms with Gasteiger partial charge in [-0.15, -0.1) is 0 Å². The molecule has 1 aromatic carbocycles. The minimum Gasteiger partial charge on any atom is -0.462 e. The molecule has 0 bridgehead atoms. The number of nitrogens with one attached hydrogen (secondary N) is 1. The van der Waals surface area contributed by atoms with Crippen LogP contribution in [0.15, 0.2) is 59.1 Å². The normalized spacial score (nSPS) is 10.4. The first-order valence-corrected chi connectivity index (χ1v) is 8.27. The molecule has 3 aromatic rings. The fourth-order valence-corrected chi connectivity index (χ4v) is 2.39. The molecule has 0 aliphatic carbocycles. The van der Waals surface area contributed by atoms with E-state index >= 15 is 0 Å². The predicted octanol–water partition coefficient (Wildman–Crippen LogP) is 4.04. The SMILES string of the molecule is CCOC(=O)c1ccc(-c2ccc(CNc3ccc([N+](=O)[O-])cn3)o2)cc1. The maximum atomic E-state index is 11.7. The number of anilines is 1. The average Bonchev–Trinajstić information content (AvgIpc) is 3.16. The summed E-state index contributed by atoms with van der Waals surface area (Å²) in [5, 5.41) is 13.7. The number of furan rings is 1. The lowest BCUT2D eigenvalue weighted by Crippen LogP contribution is -2.03. The van der Waals surface area contributed by atoms with Crippen molar-refractivity contribution in [2.45, 2.75) is 13.5 Å². The number of esters is 1. The summed E-state index contributed by atoms with van der Waals surface area (Å²) in [5.41, 5.74) is 1.26. The maximum Gasteiger partial charge on any atom is 0.338 e. The predicted molar refractivity (Wildman–Crippen MR) is 98.3 cm³/mol. The largest absolute Gasteiger partial charge is 0.462 e. The molecule has 0 amide bonds. The Morgan fingerprint density at radius 2 is 1.96 bits per heavy atom. The van der Waals surface area contributed by atoms with Crippen molar-refractivity contribution in [2.24, 2.45) is 0 Å². The van der Waals surface area contributed by atoms with Crippen molar-refractivity contribution in [3.05, 3.63) is 76.2 Å². The number of aromatic nitrogens is 1. The highest BCUT2D eigenvalue weighted by atomic mass is 16.6. The van der Waals surface area contributed by atoms with Crippen molar-refractivity contribution in [2.75, 3.05) is 11.9 Å². The van der Waals surface area contributed by atoms with Crippen LogP contribution in [0.3, 0.4) is 0 Å². The fraction of sp³-hybridized carbons (Fsp3) is 0.158. The van der Waals surface area contributed by atoms with Gasteiger partial charge in [-0.25, -0.2) is 9.78 Å². The second-order valence-corrected chi connectivity index (χ2v) is 5.58. The van der Waals surface area contributed by atoms with E-state index in [-0.39, 0.29) is 11.7 Å². The number of carbonyl (C=O) groups excluding carboxylic acids is 1. The van der Waals surface area contributed by atoms with E-state index in [1.165, 1.54) is 18.3 Å². The minimum atomic E-state index is -0.497. The van der Waals surface area contributed by atoms with Crippen LogP contribution in [0.4, 0.5) is 11.5 Å². The van der Waals surface area contributed by atoms with Gasteiger partial charge in [0.1, 0.15) is 23.5 Å². The number of nitrogens with zero attached hydrogens (tertiary/aromatic N) is 2. The van der Waals surface area contributed by atoms with Crippen molar-refractivity contribution in [3.63, 3.8) is 0 Å². The summed E-state index contributed by atoms with van der Waals surface area (Å²) in [6.45, 7) is 2.47. The third-order valence-corrected chi connectivity index (χ3v) is 3.74. The summed E-state index contributed by atoms with van der Waals surface area (Å²) >= 11 is 0. The van der Waals surface area contributed by atoms with E-state index in [0.717, 1.165) is 5.56 Å². The van der Waals surface area contributed by atoms with Gasteiger partial charge >= 0.3 is 5.97 Å². The third kappa shape index (κ3) is 4.49. The highest BCUT2D eigenvalue weighted by Gasteiger charge is 2.09. The number of ether oxygens (including phenoxy) is 1. The Hall–Kier alpha value is -3.68. The van der Waals surface area contributed by atoms with Crippen molar-refractivity contribution < 1.29 is 18.9 Å². The molecule has 2 aromatic heterocycles. The van der Waals surface area contributed by atoms with E-state index in [4.69, 9.17) is 9.15 Å². The zero-order chi connectivity index (χ0) is 19.2. The van der Waals surface area contributed by atoms with Crippen LogP contribution < -0.4 is 5.32 Å². The number of pyridine rings is 1. The number of carbonyl (C=O) groups is 1. The summed E-state index contributed by atoms with van der Waals surface area (Å²) in [7, 11) is 0. The third-order valence-electron chi connectivity index (χ3n) is 3.74. The second-order valence-electron chi connectivity index (χ2n) is 5.58. The Labute approximate surface area is 154 Å². The van der Waals surface area contributed by atoms with Crippen LogP contribution in [0.5, 0.6) is 0 Å². The summed E-state index contributed by atoms with van der Waals surface area (Å²) in [6, 6.07) is 13.5. The van der Waals surface area contributed by atoms with Crippen molar-refractivity contribution >= 4 is 17.5 Å². The van der Waals surface area contributed by atoms with Gasteiger partial charge in [0.05, 0.1) is 23.6 Å². The molecular formula is C19H17N3O5. The van der Waals surface area contributed by atoms with E-state index < -0.39 is 4.92 Å². The number of nitro groups is 1. The number of benzene rings is 1. The van der Waals surface area contributed by atoms with E-state index in [1.807, 2.05) is 12.1 Å². The van der Waals surface area contributed by atoms with Crippen molar-refractivity contribution in [1.29, 1.82) is 0 Å². The lowest BCUT2D eigenvalue weighted by Gasteiger charge is -2.04. The number of rotatable bonds is 7. The van der Waals surface area contributed by atoms with Crippen LogP contribution in [0.1, 0.15) is 23.0 Å². The molecule has 8 heteroatoms. The number of hydrogen-bond donors (Lipinski definition) is 1. The van der Waals surface area contributed by atoms with E-state index in [9.17, 15) is 14.9 Å². The second kappa shape index (κ2) is 8.13. The molecule has 0 spiro atoms. The molecule has 8 nitrogen and oxygen atoms in total. The molecule has 0 radical (unpaired) electrons. The smallest absolute Gasteiger partial charge is 0.338 e. The standard InChI is InChI=1S/C19H17N3O5/c1-2-26-19(23)14-5-3-13(4-6-14)17-9-8-16(27-17)12-21-18-10-7-15(11-20-18)22(24)25/h3-11H,2,12H2,1H3,(H,20,21). The van der Waals surface area contributed by atoms with Gasteiger partial charge in [-0.2, -0.15) is 0 Å². The molecular weight excluding hydrogens is 350 g/mol. The zero-order valence-electron chi connectivity index (χ0n) is 14.5. The first-order valence-electron chi connectivity index (χ1n) is 8.27. The monoisotopic (exact) mass is 367 g/mol. The van der Waals surface area contributed by atoms with Gasteiger partial charge in [0.25, 0.3) is 5.69 Å². The van der Waals surface area contributed by atoms with Crippen LogP contribution >= 0.6 is 0 Å². The van der Waals surface area contributed by atoms with E-state index in [0.29, 0.717) is 36.1 Å². The van der Waals surface area contributed by atoms with Gasteiger partial charge in [-0.05, 0) is 37.3 Å². The van der Waals surface area contributed by atoms with Crippen molar-refractivity contribution in [3.8, 4) is 11.3 Å². The molecule has 1 N–H and O–H groups in total. The van der Waals surface area contributed by atoms with Gasteiger partial charge in [-0.1, -0.05) is 12.1 Å². The molecule has 0 atom stereocenters. The number of hydrogen-bond acceptors (Lipinski definition) is 7. The molecule has 3 rings (SSSR count). The summed E-state index contributed by atoms with van der Waals surface area (Å²) in [4.78, 5) is 25.8. The zero-order valence-corrected chi connectivity index (χ0v) is 14.5. The van der Waals surface area contributed by atoms with E-state index in [2.05, 4.69) is 10.3 Å². The van der Waals surface area contributed by atoms with Gasteiger partial charge in [0, 0.05) is 11.6 Å². The molecule has 0 saturated carbocycles. The van der Waals surface area contributed by atoms with Crippen LogP contribution in [-0.2, 0) is 11.3 Å². The topological polar surface area (TPSA) is 108 Å². The Balaban J connectivity index is 1.62. The highest BCUT2D eigenvalue weighted by Crippen LogP contribution is 2.23. The molecule has 0 unspecified atom stereocenters. The Morgan fingerprint density at radius 1 is 1.19 bits per heavy atom. The van der Waals surface area contributed by atoms with Crippen molar-refractivity contribution in [1.82, 2.24) is 4.98 Å². The van der Waals surface area contributed by atoms with Gasteiger partial charge < -0.3 is 14.5 Å². The summed E-state index contributed by atoms with van der Waals surface area (Å²) in [6.07, 6.45) is 1.20. The first kappa shape index (κ1) is 18.1. The van der Waals surface area contributed by atoms with E-state index in [1.54, 1.807) is 31.2 Å². The lowest BCUT2D eigenvalue weighted by molar-refractivity contribution is -0.385. The van der Waals surface area contributed by atoms with Crippen LogP contribution in [-0.4, -0.2) is 22.5 Å². The van der Waals surface area contributed by atoms with Crippen LogP contribution in [0.25, 0.3) is 11.3 Å². The molecule has 0 aliphatic heterocycles. The van der Waals surface area contributed by atoms with Gasteiger partial charge in [0.15, 0.2) is 0 Å². The molecule has 27 heavy (non-hydrogen) atoms. The highest BCUT2D eigenvalue weighted by molar-refractivity contribution is 5.89. The Morgan fingerprint density at radius 3 is 2.59 bits per heavy atom. The van der Waals surface area contributed by atoms with Gasteiger partial charge in [-0.3, -0.25) is 10.1 Å².